The Kier molecular flexibility index (Phi) is 4.46. The van der Waals surface area contributed by atoms with E-state index in [0.29, 0.717) is 6.54 Å². The summed E-state index contributed by atoms with van der Waals surface area (Å²) in [5, 5.41) is 3.22. The number of rotatable bonds is 5. The van der Waals surface area contributed by atoms with Crippen molar-refractivity contribution in [1.82, 2.24) is 5.32 Å². The first-order chi connectivity index (χ1) is 7.41. The van der Waals surface area contributed by atoms with Gasteiger partial charge < -0.3 is 16.8 Å². The monoisotopic (exact) mass is 241 g/mol. The molecule has 0 saturated carbocycles. The molecule has 0 radical (unpaired) electrons. The second-order valence-electron chi connectivity index (χ2n) is 4.01. The molecule has 1 aromatic rings. The molecule has 90 valence electrons. The number of hydrogen-bond donors (Lipinski definition) is 3. The molecular formula is C11H19N3OS. The zero-order valence-corrected chi connectivity index (χ0v) is 10.7. The maximum atomic E-state index is 10.8. The number of hydrogen-bond acceptors (Lipinski definition) is 4. The van der Waals surface area contributed by atoms with Gasteiger partial charge in [-0.2, -0.15) is 0 Å². The van der Waals surface area contributed by atoms with E-state index in [1.54, 1.807) is 11.3 Å². The number of aryl methyl sites for hydroxylation is 2. The van der Waals surface area contributed by atoms with E-state index < -0.39 is 11.9 Å². The topological polar surface area (TPSA) is 81.1 Å². The van der Waals surface area contributed by atoms with Gasteiger partial charge in [-0.25, -0.2) is 0 Å². The largest absolute Gasteiger partial charge is 0.368 e. The zero-order chi connectivity index (χ0) is 12.3. The molecule has 1 rings (SSSR count). The minimum atomic E-state index is -0.623. The quantitative estimate of drug-likeness (QED) is 0.714. The second-order valence-corrected chi connectivity index (χ2v) is 5.47. The van der Waals surface area contributed by atoms with Crippen LogP contribution in [0.2, 0.25) is 0 Å². The first kappa shape index (κ1) is 13.2. The van der Waals surface area contributed by atoms with Crippen molar-refractivity contribution in [2.24, 2.45) is 11.5 Å². The Bertz CT molecular complexity index is 375. The van der Waals surface area contributed by atoms with Crippen molar-refractivity contribution in [2.45, 2.75) is 32.9 Å². The molecule has 0 aromatic carbocycles. The molecule has 5 heteroatoms. The van der Waals surface area contributed by atoms with Crippen molar-refractivity contribution < 1.29 is 4.79 Å². The van der Waals surface area contributed by atoms with Crippen molar-refractivity contribution in [1.29, 1.82) is 0 Å². The summed E-state index contributed by atoms with van der Waals surface area (Å²) in [5.74, 6) is -0.474. The van der Waals surface area contributed by atoms with Gasteiger partial charge in [0.05, 0.1) is 6.04 Å². The van der Waals surface area contributed by atoms with Gasteiger partial charge in [-0.3, -0.25) is 4.79 Å². The molecule has 0 aliphatic heterocycles. The summed E-state index contributed by atoms with van der Waals surface area (Å²) < 4.78 is 0. The third-order valence-corrected chi connectivity index (χ3v) is 3.54. The van der Waals surface area contributed by atoms with Crippen LogP contribution in [0.25, 0.3) is 0 Å². The summed E-state index contributed by atoms with van der Waals surface area (Å²) in [6.07, 6.45) is 0. The lowest BCUT2D eigenvalue weighted by atomic mass is 10.1. The molecule has 0 aliphatic rings. The smallest absolute Gasteiger partial charge is 0.235 e. The fourth-order valence-corrected chi connectivity index (χ4v) is 2.62. The van der Waals surface area contributed by atoms with Crippen LogP contribution in [0, 0.1) is 13.8 Å². The number of carbonyl (C=O) groups excluding carboxylic acids is 1. The SMILES string of the molecule is Cc1cc(C(C)NCC(N)C(N)=O)c(C)s1. The van der Waals surface area contributed by atoms with Gasteiger partial charge in [-0.05, 0) is 32.4 Å². The maximum absolute atomic E-state index is 10.8. The van der Waals surface area contributed by atoms with Crippen LogP contribution in [0.15, 0.2) is 6.07 Å². The lowest BCUT2D eigenvalue weighted by Crippen LogP contribution is -2.44. The van der Waals surface area contributed by atoms with E-state index in [0.717, 1.165) is 0 Å². The van der Waals surface area contributed by atoms with E-state index >= 15 is 0 Å². The predicted octanol–water partition coefficient (Wildman–Crippen LogP) is 0.828. The molecule has 2 unspecified atom stereocenters. The number of primary amides is 1. The Balaban J connectivity index is 2.56. The molecule has 0 fully saturated rings. The van der Waals surface area contributed by atoms with Gasteiger partial charge in [-0.1, -0.05) is 0 Å². The molecule has 4 nitrogen and oxygen atoms in total. The normalized spacial score (nSPS) is 14.8. The summed E-state index contributed by atoms with van der Waals surface area (Å²) in [4.78, 5) is 13.4. The van der Waals surface area contributed by atoms with Crippen LogP contribution in [0.4, 0.5) is 0 Å². The van der Waals surface area contributed by atoms with E-state index in [2.05, 4.69) is 32.2 Å². The third-order valence-electron chi connectivity index (χ3n) is 2.56. The molecule has 0 bridgehead atoms. The van der Waals surface area contributed by atoms with Crippen molar-refractivity contribution in [2.75, 3.05) is 6.54 Å². The van der Waals surface area contributed by atoms with Gasteiger partial charge in [0.1, 0.15) is 0 Å². The van der Waals surface area contributed by atoms with Crippen LogP contribution in [0.5, 0.6) is 0 Å². The predicted molar refractivity (Wildman–Crippen MR) is 67.4 cm³/mol. The average molecular weight is 241 g/mol. The van der Waals surface area contributed by atoms with Gasteiger partial charge in [0.25, 0.3) is 0 Å². The molecule has 1 amide bonds. The van der Waals surface area contributed by atoms with Crippen molar-refractivity contribution in [3.8, 4) is 0 Å². The van der Waals surface area contributed by atoms with Crippen molar-refractivity contribution >= 4 is 17.2 Å². The Morgan fingerprint density at radius 1 is 1.56 bits per heavy atom. The highest BCUT2D eigenvalue weighted by Crippen LogP contribution is 2.25. The molecule has 1 heterocycles. The van der Waals surface area contributed by atoms with Gasteiger partial charge in [0, 0.05) is 22.3 Å². The van der Waals surface area contributed by atoms with Crippen LogP contribution in [0.1, 0.15) is 28.3 Å². The van der Waals surface area contributed by atoms with Gasteiger partial charge in [-0.15, -0.1) is 11.3 Å². The second kappa shape index (κ2) is 5.43. The van der Waals surface area contributed by atoms with E-state index in [-0.39, 0.29) is 6.04 Å². The molecule has 0 saturated heterocycles. The van der Waals surface area contributed by atoms with Crippen LogP contribution < -0.4 is 16.8 Å². The maximum Gasteiger partial charge on any atom is 0.235 e. The molecule has 1 aromatic heterocycles. The van der Waals surface area contributed by atoms with Crippen LogP contribution in [0.3, 0.4) is 0 Å². The average Bonchev–Trinajstić information content (AvgIpc) is 2.53. The molecule has 5 N–H and O–H groups in total. The minimum Gasteiger partial charge on any atom is -0.368 e. The third kappa shape index (κ3) is 3.30. The van der Waals surface area contributed by atoms with Crippen LogP contribution in [-0.2, 0) is 4.79 Å². The van der Waals surface area contributed by atoms with E-state index in [9.17, 15) is 4.79 Å². The van der Waals surface area contributed by atoms with Crippen molar-refractivity contribution in [3.05, 3.63) is 21.4 Å². The summed E-state index contributed by atoms with van der Waals surface area (Å²) in [6, 6.07) is 1.73. The van der Waals surface area contributed by atoms with Crippen molar-refractivity contribution in [3.63, 3.8) is 0 Å². The Hall–Kier alpha value is -0.910. The number of nitrogens with two attached hydrogens (primary N) is 2. The highest BCUT2D eigenvalue weighted by atomic mass is 32.1. The van der Waals surface area contributed by atoms with E-state index in [1.807, 2.05) is 0 Å². The number of nitrogens with one attached hydrogen (secondary N) is 1. The molecule has 0 aliphatic carbocycles. The molecule has 2 atom stereocenters. The lowest BCUT2D eigenvalue weighted by Gasteiger charge is -2.16. The Morgan fingerprint density at radius 3 is 2.62 bits per heavy atom. The standard InChI is InChI=1S/C11H19N3OS/c1-6-4-9(8(3)16-6)7(2)14-5-10(12)11(13)15/h4,7,10,14H,5,12H2,1-3H3,(H2,13,15). The van der Waals surface area contributed by atoms with Crippen LogP contribution in [-0.4, -0.2) is 18.5 Å². The Morgan fingerprint density at radius 2 is 2.19 bits per heavy atom. The number of carbonyl (C=O) groups is 1. The number of amides is 1. The lowest BCUT2D eigenvalue weighted by molar-refractivity contribution is -0.119. The minimum absolute atomic E-state index is 0.190. The van der Waals surface area contributed by atoms with Gasteiger partial charge in [0.15, 0.2) is 0 Å². The highest BCUT2D eigenvalue weighted by Gasteiger charge is 2.14. The first-order valence-electron chi connectivity index (χ1n) is 5.27. The zero-order valence-electron chi connectivity index (χ0n) is 9.91. The first-order valence-corrected chi connectivity index (χ1v) is 6.08. The van der Waals surface area contributed by atoms with Crippen LogP contribution >= 0.6 is 11.3 Å². The fraction of sp³-hybridized carbons (Fsp3) is 0.545. The van der Waals surface area contributed by atoms with Gasteiger partial charge in [0.2, 0.25) is 5.91 Å². The van der Waals surface area contributed by atoms with E-state index in [1.165, 1.54) is 15.3 Å². The Labute approximate surface area is 100 Å². The number of thiophene rings is 1. The summed E-state index contributed by atoms with van der Waals surface area (Å²) in [6.45, 7) is 6.65. The molecule has 16 heavy (non-hydrogen) atoms. The molecular weight excluding hydrogens is 222 g/mol. The molecule has 0 spiro atoms. The van der Waals surface area contributed by atoms with Gasteiger partial charge >= 0.3 is 0 Å². The summed E-state index contributed by atoms with van der Waals surface area (Å²) in [5.41, 5.74) is 11.9. The summed E-state index contributed by atoms with van der Waals surface area (Å²) in [7, 11) is 0. The highest BCUT2D eigenvalue weighted by molar-refractivity contribution is 7.12. The fourth-order valence-electron chi connectivity index (χ4n) is 1.59. The van der Waals surface area contributed by atoms with E-state index in [4.69, 9.17) is 11.5 Å². The summed E-state index contributed by atoms with van der Waals surface area (Å²) >= 11 is 1.78.